The number of para-hydroxylation sites is 1. The molecule has 1 aliphatic rings. The van der Waals surface area contributed by atoms with Crippen molar-refractivity contribution in [2.75, 3.05) is 20.1 Å². The number of carbonyl (C=O) groups is 2. The number of carbonyl (C=O) groups excluding carboxylic acids is 2. The van der Waals surface area contributed by atoms with Gasteiger partial charge < -0.3 is 10.2 Å². The van der Waals surface area contributed by atoms with Crippen LogP contribution < -0.4 is 5.32 Å². The molecule has 0 bridgehead atoms. The number of hydrogen-bond donors (Lipinski definition) is 1. The Kier molecular flexibility index (Phi) is 5.16. The van der Waals surface area contributed by atoms with Gasteiger partial charge in [-0.3, -0.25) is 9.59 Å². The van der Waals surface area contributed by atoms with Crippen molar-refractivity contribution in [3.63, 3.8) is 0 Å². The van der Waals surface area contributed by atoms with Crippen molar-refractivity contribution in [1.29, 1.82) is 0 Å². The molecule has 2 amide bonds. The van der Waals surface area contributed by atoms with Crippen LogP contribution in [0.4, 0.5) is 0 Å². The third-order valence-electron chi connectivity index (χ3n) is 4.24. The first-order chi connectivity index (χ1) is 12.1. The van der Waals surface area contributed by atoms with Gasteiger partial charge >= 0.3 is 0 Å². The first-order valence-electron chi connectivity index (χ1n) is 8.77. The van der Waals surface area contributed by atoms with Crippen molar-refractivity contribution >= 4 is 11.8 Å². The van der Waals surface area contributed by atoms with E-state index in [-0.39, 0.29) is 18.4 Å². The Morgan fingerprint density at radius 3 is 2.64 bits per heavy atom. The molecule has 0 aliphatic heterocycles. The van der Waals surface area contributed by atoms with Crippen LogP contribution in [0.1, 0.15) is 48.3 Å². The summed E-state index contributed by atoms with van der Waals surface area (Å²) in [6.07, 6.45) is 3.11. The quantitative estimate of drug-likeness (QED) is 0.841. The number of amides is 2. The Labute approximate surface area is 147 Å². The Morgan fingerprint density at radius 2 is 2.00 bits per heavy atom. The first-order valence-corrected chi connectivity index (χ1v) is 8.77. The van der Waals surface area contributed by atoms with Gasteiger partial charge in [0.2, 0.25) is 5.91 Å². The monoisotopic (exact) mass is 340 g/mol. The van der Waals surface area contributed by atoms with Crippen LogP contribution in [0, 0.1) is 0 Å². The standard InChI is InChI=1S/C19H24N4O2/c1-3-11-20-18(24)13-22(2)19(25)17-12-16(14-9-10-14)21-23(17)15-7-5-4-6-8-15/h4-8,12,14H,3,9-11,13H2,1-2H3,(H,20,24). The summed E-state index contributed by atoms with van der Waals surface area (Å²) in [6.45, 7) is 2.65. The molecular formula is C19H24N4O2. The van der Waals surface area contributed by atoms with Crippen LogP contribution in [-0.2, 0) is 4.79 Å². The van der Waals surface area contributed by atoms with Crippen LogP contribution in [0.2, 0.25) is 0 Å². The first kappa shape index (κ1) is 17.2. The van der Waals surface area contributed by atoms with Crippen molar-refractivity contribution < 1.29 is 9.59 Å². The van der Waals surface area contributed by atoms with Gasteiger partial charge in [0.15, 0.2) is 0 Å². The van der Waals surface area contributed by atoms with E-state index in [1.807, 2.05) is 43.3 Å². The van der Waals surface area contributed by atoms with Crippen LogP contribution in [0.25, 0.3) is 5.69 Å². The molecular weight excluding hydrogens is 316 g/mol. The lowest BCUT2D eigenvalue weighted by Crippen LogP contribution is -2.39. The Balaban J connectivity index is 1.82. The number of likely N-dealkylation sites (N-methyl/N-ethyl adjacent to an activating group) is 1. The maximum atomic E-state index is 12.9. The summed E-state index contributed by atoms with van der Waals surface area (Å²) < 4.78 is 1.69. The summed E-state index contributed by atoms with van der Waals surface area (Å²) >= 11 is 0. The molecule has 0 unspecified atom stereocenters. The minimum Gasteiger partial charge on any atom is -0.355 e. The summed E-state index contributed by atoms with van der Waals surface area (Å²) in [4.78, 5) is 26.2. The van der Waals surface area contributed by atoms with Crippen LogP contribution in [0.15, 0.2) is 36.4 Å². The van der Waals surface area contributed by atoms with E-state index >= 15 is 0 Å². The summed E-state index contributed by atoms with van der Waals surface area (Å²) in [5.74, 6) is 0.107. The molecule has 6 nitrogen and oxygen atoms in total. The molecule has 1 heterocycles. The van der Waals surface area contributed by atoms with Gasteiger partial charge in [0.25, 0.3) is 5.91 Å². The molecule has 0 atom stereocenters. The van der Waals surface area contributed by atoms with Crippen molar-refractivity contribution in [1.82, 2.24) is 20.0 Å². The molecule has 0 spiro atoms. The molecule has 3 rings (SSSR count). The fraction of sp³-hybridized carbons (Fsp3) is 0.421. The van der Waals surface area contributed by atoms with Crippen molar-refractivity contribution in [2.45, 2.75) is 32.1 Å². The van der Waals surface area contributed by atoms with E-state index in [9.17, 15) is 9.59 Å². The number of rotatable bonds is 7. The molecule has 132 valence electrons. The van der Waals surface area contributed by atoms with E-state index in [4.69, 9.17) is 0 Å². The Morgan fingerprint density at radius 1 is 1.28 bits per heavy atom. The maximum Gasteiger partial charge on any atom is 0.272 e. The van der Waals surface area contributed by atoms with Crippen LogP contribution in [0.3, 0.4) is 0 Å². The smallest absolute Gasteiger partial charge is 0.272 e. The van der Waals surface area contributed by atoms with Gasteiger partial charge in [-0.25, -0.2) is 4.68 Å². The topological polar surface area (TPSA) is 67.2 Å². The maximum absolute atomic E-state index is 12.9. The molecule has 2 aromatic rings. The summed E-state index contributed by atoms with van der Waals surface area (Å²) in [5, 5.41) is 7.44. The zero-order valence-electron chi connectivity index (χ0n) is 14.7. The van der Waals surface area contributed by atoms with Crippen molar-refractivity contribution in [3.8, 4) is 5.69 Å². The molecule has 0 radical (unpaired) electrons. The van der Waals surface area contributed by atoms with Gasteiger partial charge in [0.1, 0.15) is 5.69 Å². The van der Waals surface area contributed by atoms with E-state index in [2.05, 4.69) is 10.4 Å². The van der Waals surface area contributed by atoms with E-state index in [1.54, 1.807) is 11.7 Å². The van der Waals surface area contributed by atoms with Gasteiger partial charge in [0, 0.05) is 19.5 Å². The molecule has 1 fully saturated rings. The fourth-order valence-electron chi connectivity index (χ4n) is 2.70. The second kappa shape index (κ2) is 7.51. The zero-order chi connectivity index (χ0) is 17.8. The lowest BCUT2D eigenvalue weighted by molar-refractivity contribution is -0.121. The summed E-state index contributed by atoms with van der Waals surface area (Å²) in [5.41, 5.74) is 2.30. The average Bonchev–Trinajstić information content (AvgIpc) is 3.38. The van der Waals surface area contributed by atoms with E-state index in [0.717, 1.165) is 30.6 Å². The Bertz CT molecular complexity index is 750. The highest BCUT2D eigenvalue weighted by Gasteiger charge is 2.30. The van der Waals surface area contributed by atoms with Gasteiger partial charge in [0.05, 0.1) is 17.9 Å². The number of aromatic nitrogens is 2. The second-order valence-electron chi connectivity index (χ2n) is 6.49. The number of hydrogen-bond acceptors (Lipinski definition) is 3. The van der Waals surface area contributed by atoms with Gasteiger partial charge in [-0.15, -0.1) is 0 Å². The van der Waals surface area contributed by atoms with E-state index in [0.29, 0.717) is 18.2 Å². The van der Waals surface area contributed by atoms with Crippen LogP contribution in [-0.4, -0.2) is 46.6 Å². The number of nitrogens with zero attached hydrogens (tertiary/aromatic N) is 3. The van der Waals surface area contributed by atoms with Gasteiger partial charge in [-0.2, -0.15) is 5.10 Å². The predicted molar refractivity (Wildman–Crippen MR) is 95.8 cm³/mol. The molecule has 1 aromatic carbocycles. The fourth-order valence-corrected chi connectivity index (χ4v) is 2.70. The highest BCUT2D eigenvalue weighted by molar-refractivity contribution is 5.95. The average molecular weight is 340 g/mol. The van der Waals surface area contributed by atoms with Gasteiger partial charge in [-0.05, 0) is 37.5 Å². The molecule has 1 aliphatic carbocycles. The normalized spacial score (nSPS) is 13.5. The molecule has 1 N–H and O–H groups in total. The molecule has 0 saturated heterocycles. The summed E-state index contributed by atoms with van der Waals surface area (Å²) in [7, 11) is 1.65. The van der Waals surface area contributed by atoms with Crippen molar-refractivity contribution in [3.05, 3.63) is 47.8 Å². The molecule has 25 heavy (non-hydrogen) atoms. The molecule has 1 saturated carbocycles. The number of benzene rings is 1. The highest BCUT2D eigenvalue weighted by Crippen LogP contribution is 2.39. The minimum absolute atomic E-state index is 0.0393. The van der Waals surface area contributed by atoms with E-state index in [1.165, 1.54) is 4.90 Å². The second-order valence-corrected chi connectivity index (χ2v) is 6.49. The Hall–Kier alpha value is -2.63. The summed E-state index contributed by atoms with van der Waals surface area (Å²) in [6, 6.07) is 11.5. The lowest BCUT2D eigenvalue weighted by Gasteiger charge is -2.17. The van der Waals surface area contributed by atoms with Crippen LogP contribution in [0.5, 0.6) is 0 Å². The third kappa shape index (κ3) is 4.07. The third-order valence-corrected chi connectivity index (χ3v) is 4.24. The number of nitrogens with one attached hydrogen (secondary N) is 1. The minimum atomic E-state index is -0.199. The molecule has 1 aromatic heterocycles. The van der Waals surface area contributed by atoms with Crippen LogP contribution >= 0.6 is 0 Å². The largest absolute Gasteiger partial charge is 0.355 e. The van der Waals surface area contributed by atoms with Crippen molar-refractivity contribution in [2.24, 2.45) is 0 Å². The SMILES string of the molecule is CCCNC(=O)CN(C)C(=O)c1cc(C2CC2)nn1-c1ccccc1. The highest BCUT2D eigenvalue weighted by atomic mass is 16.2. The van der Waals surface area contributed by atoms with Gasteiger partial charge in [-0.1, -0.05) is 25.1 Å². The zero-order valence-corrected chi connectivity index (χ0v) is 14.7. The predicted octanol–water partition coefficient (Wildman–Crippen LogP) is 2.35. The van der Waals surface area contributed by atoms with E-state index < -0.39 is 0 Å². The molecule has 6 heteroatoms. The lowest BCUT2D eigenvalue weighted by atomic mass is 10.2.